The molecule has 0 bridgehead atoms. The first-order valence-corrected chi connectivity index (χ1v) is 8.17. The maximum absolute atomic E-state index is 12.1. The molecule has 1 amide bonds. The summed E-state index contributed by atoms with van der Waals surface area (Å²) >= 11 is 0. The van der Waals surface area contributed by atoms with E-state index in [0.29, 0.717) is 13.0 Å². The van der Waals surface area contributed by atoms with Crippen LogP contribution in [0.15, 0.2) is 42.5 Å². The third-order valence-electron chi connectivity index (χ3n) is 3.64. The third-order valence-corrected chi connectivity index (χ3v) is 3.64. The molecule has 0 aliphatic rings. The van der Waals surface area contributed by atoms with Crippen molar-refractivity contribution in [2.75, 3.05) is 26.0 Å². The van der Waals surface area contributed by atoms with Crippen LogP contribution in [-0.2, 0) is 11.3 Å². The van der Waals surface area contributed by atoms with Gasteiger partial charge in [0.1, 0.15) is 5.75 Å². The molecule has 4 nitrogen and oxygen atoms in total. The van der Waals surface area contributed by atoms with Crippen LogP contribution in [-0.4, -0.2) is 31.5 Å². The zero-order chi connectivity index (χ0) is 17.5. The van der Waals surface area contributed by atoms with Crippen LogP contribution >= 0.6 is 0 Å². The van der Waals surface area contributed by atoms with Crippen LogP contribution in [0.1, 0.15) is 23.1 Å². The van der Waals surface area contributed by atoms with Gasteiger partial charge in [0.2, 0.25) is 5.91 Å². The fourth-order valence-corrected chi connectivity index (χ4v) is 2.45. The summed E-state index contributed by atoms with van der Waals surface area (Å²) in [5, 5.41) is 2.93. The standard InChI is InChI=1S/C20H26N2O2/c1-15-8-9-16(2)19(12-15)24-11-10-20(23)21-18-7-5-6-17(13-18)14-22(3)4/h5-9,12-13H,10-11,14H2,1-4H3,(H,21,23). The van der Waals surface area contributed by atoms with Gasteiger partial charge in [-0.2, -0.15) is 0 Å². The minimum absolute atomic E-state index is 0.0395. The average molecular weight is 326 g/mol. The maximum atomic E-state index is 12.1. The van der Waals surface area contributed by atoms with E-state index in [-0.39, 0.29) is 5.91 Å². The molecule has 0 aromatic heterocycles. The summed E-state index contributed by atoms with van der Waals surface area (Å²) in [5.41, 5.74) is 4.23. The molecule has 2 rings (SSSR count). The second-order valence-corrected chi connectivity index (χ2v) is 6.35. The zero-order valence-corrected chi connectivity index (χ0v) is 14.9. The highest BCUT2D eigenvalue weighted by atomic mass is 16.5. The van der Waals surface area contributed by atoms with Crippen molar-refractivity contribution in [1.82, 2.24) is 4.90 Å². The monoisotopic (exact) mass is 326 g/mol. The van der Waals surface area contributed by atoms with Crippen molar-refractivity contribution in [2.45, 2.75) is 26.8 Å². The summed E-state index contributed by atoms with van der Waals surface area (Å²) in [5.74, 6) is 0.804. The highest BCUT2D eigenvalue weighted by molar-refractivity contribution is 5.90. The molecule has 2 aromatic rings. The van der Waals surface area contributed by atoms with E-state index in [2.05, 4.69) is 22.3 Å². The summed E-state index contributed by atoms with van der Waals surface area (Å²) in [4.78, 5) is 14.2. The maximum Gasteiger partial charge on any atom is 0.227 e. The number of hydrogen-bond acceptors (Lipinski definition) is 3. The van der Waals surface area contributed by atoms with Crippen molar-refractivity contribution in [3.63, 3.8) is 0 Å². The Hall–Kier alpha value is -2.33. The first-order valence-electron chi connectivity index (χ1n) is 8.17. The highest BCUT2D eigenvalue weighted by Gasteiger charge is 2.06. The number of hydrogen-bond donors (Lipinski definition) is 1. The summed E-state index contributed by atoms with van der Waals surface area (Å²) < 4.78 is 5.73. The van der Waals surface area contributed by atoms with Gasteiger partial charge in [-0.05, 0) is 62.8 Å². The molecule has 128 valence electrons. The van der Waals surface area contributed by atoms with E-state index in [1.807, 2.05) is 58.3 Å². The molecule has 0 radical (unpaired) electrons. The number of anilines is 1. The Bertz CT molecular complexity index is 696. The molecular weight excluding hydrogens is 300 g/mol. The van der Waals surface area contributed by atoms with Crippen LogP contribution in [0.2, 0.25) is 0 Å². The lowest BCUT2D eigenvalue weighted by molar-refractivity contribution is -0.116. The fourth-order valence-electron chi connectivity index (χ4n) is 2.45. The molecule has 0 heterocycles. The van der Waals surface area contributed by atoms with Crippen molar-refractivity contribution in [1.29, 1.82) is 0 Å². The van der Waals surface area contributed by atoms with E-state index in [0.717, 1.165) is 29.1 Å². The van der Waals surface area contributed by atoms with Crippen LogP contribution in [0.4, 0.5) is 5.69 Å². The van der Waals surface area contributed by atoms with Gasteiger partial charge in [0.15, 0.2) is 0 Å². The Morgan fingerprint density at radius 3 is 2.67 bits per heavy atom. The minimum Gasteiger partial charge on any atom is -0.493 e. The van der Waals surface area contributed by atoms with Crippen LogP contribution in [0.3, 0.4) is 0 Å². The predicted octanol–water partition coefficient (Wildman–Crippen LogP) is 3.77. The fraction of sp³-hybridized carbons (Fsp3) is 0.350. The lowest BCUT2D eigenvalue weighted by atomic mass is 10.1. The van der Waals surface area contributed by atoms with E-state index in [1.54, 1.807) is 0 Å². The largest absolute Gasteiger partial charge is 0.493 e. The van der Waals surface area contributed by atoms with Gasteiger partial charge in [-0.25, -0.2) is 0 Å². The van der Waals surface area contributed by atoms with Crippen LogP contribution in [0.25, 0.3) is 0 Å². The number of rotatable bonds is 7. The third kappa shape index (κ3) is 5.70. The molecule has 24 heavy (non-hydrogen) atoms. The van der Waals surface area contributed by atoms with E-state index in [1.165, 1.54) is 5.56 Å². The number of carbonyl (C=O) groups is 1. The molecule has 0 spiro atoms. The quantitative estimate of drug-likeness (QED) is 0.842. The number of ether oxygens (including phenoxy) is 1. The number of aryl methyl sites for hydroxylation is 2. The molecule has 0 fully saturated rings. The Kier molecular flexibility index (Phi) is 6.38. The first-order chi connectivity index (χ1) is 11.4. The first kappa shape index (κ1) is 18.0. The molecule has 0 unspecified atom stereocenters. The Labute approximate surface area is 144 Å². The number of amides is 1. The van der Waals surface area contributed by atoms with Crippen molar-refractivity contribution in [3.05, 3.63) is 59.2 Å². The molecule has 0 aliphatic carbocycles. The van der Waals surface area contributed by atoms with Gasteiger partial charge in [0.25, 0.3) is 0 Å². The lowest BCUT2D eigenvalue weighted by Crippen LogP contribution is -2.16. The van der Waals surface area contributed by atoms with Gasteiger partial charge in [-0.15, -0.1) is 0 Å². The SMILES string of the molecule is Cc1ccc(C)c(OCCC(=O)Nc2cccc(CN(C)C)c2)c1. The smallest absolute Gasteiger partial charge is 0.227 e. The summed E-state index contributed by atoms with van der Waals surface area (Å²) in [6.45, 7) is 5.25. The highest BCUT2D eigenvalue weighted by Crippen LogP contribution is 2.19. The number of benzene rings is 2. The van der Waals surface area contributed by atoms with Crippen LogP contribution < -0.4 is 10.1 Å². The molecule has 0 saturated carbocycles. The van der Waals surface area contributed by atoms with Gasteiger partial charge in [0.05, 0.1) is 13.0 Å². The lowest BCUT2D eigenvalue weighted by Gasteiger charge is -2.12. The number of nitrogens with zero attached hydrogens (tertiary/aromatic N) is 1. The molecular formula is C20H26N2O2. The van der Waals surface area contributed by atoms with Crippen molar-refractivity contribution >= 4 is 11.6 Å². The van der Waals surface area contributed by atoms with Gasteiger partial charge in [-0.1, -0.05) is 24.3 Å². The van der Waals surface area contributed by atoms with Crippen molar-refractivity contribution in [2.24, 2.45) is 0 Å². The van der Waals surface area contributed by atoms with Crippen LogP contribution in [0.5, 0.6) is 5.75 Å². The van der Waals surface area contributed by atoms with Crippen molar-refractivity contribution < 1.29 is 9.53 Å². The second-order valence-electron chi connectivity index (χ2n) is 6.35. The van der Waals surface area contributed by atoms with Gasteiger partial charge < -0.3 is 15.0 Å². The van der Waals surface area contributed by atoms with E-state index >= 15 is 0 Å². The summed E-state index contributed by atoms with van der Waals surface area (Å²) in [6, 6.07) is 14.0. The Morgan fingerprint density at radius 2 is 1.92 bits per heavy atom. The molecule has 0 atom stereocenters. The number of carbonyl (C=O) groups excluding carboxylic acids is 1. The van der Waals surface area contributed by atoms with Gasteiger partial charge in [-0.3, -0.25) is 4.79 Å². The number of nitrogens with one attached hydrogen (secondary N) is 1. The Morgan fingerprint density at radius 1 is 1.12 bits per heavy atom. The van der Waals surface area contributed by atoms with E-state index < -0.39 is 0 Å². The molecule has 1 N–H and O–H groups in total. The van der Waals surface area contributed by atoms with E-state index in [9.17, 15) is 4.79 Å². The van der Waals surface area contributed by atoms with Gasteiger partial charge >= 0.3 is 0 Å². The summed E-state index contributed by atoms with van der Waals surface area (Å²) in [7, 11) is 4.05. The van der Waals surface area contributed by atoms with E-state index in [4.69, 9.17) is 4.74 Å². The van der Waals surface area contributed by atoms with Crippen LogP contribution in [0, 0.1) is 13.8 Å². The van der Waals surface area contributed by atoms with Gasteiger partial charge in [0, 0.05) is 12.2 Å². The summed E-state index contributed by atoms with van der Waals surface area (Å²) in [6.07, 6.45) is 0.325. The normalized spacial score (nSPS) is 10.7. The zero-order valence-electron chi connectivity index (χ0n) is 14.9. The second kappa shape index (κ2) is 8.50. The average Bonchev–Trinajstić information content (AvgIpc) is 2.50. The molecule has 0 aliphatic heterocycles. The predicted molar refractivity (Wildman–Crippen MR) is 98.5 cm³/mol. The van der Waals surface area contributed by atoms with Crippen molar-refractivity contribution in [3.8, 4) is 5.75 Å². The molecule has 4 heteroatoms. The molecule has 2 aromatic carbocycles. The molecule has 0 saturated heterocycles. The Balaban J connectivity index is 1.84. The minimum atomic E-state index is -0.0395. The topological polar surface area (TPSA) is 41.6 Å².